The average Bonchev–Trinajstić information content (AvgIpc) is 2.04. The fourth-order valence-corrected chi connectivity index (χ4v) is 0.586. The first-order valence-electron chi connectivity index (χ1n) is 3.45. The minimum Gasteiger partial charge on any atom is -0.378 e. The summed E-state index contributed by atoms with van der Waals surface area (Å²) in [4.78, 5) is 0. The average molecular weight is 159 g/mol. The molecular weight excluding hydrogens is 146 g/mol. The number of hydrogen-bond donors (Lipinski definition) is 1. The molecule has 64 valence electrons. The molecule has 0 saturated heterocycles. The van der Waals surface area contributed by atoms with Crippen LogP contribution in [0.2, 0.25) is 0 Å². The summed E-state index contributed by atoms with van der Waals surface area (Å²) >= 11 is 0. The molecule has 0 aliphatic rings. The van der Waals surface area contributed by atoms with Gasteiger partial charge >= 0.3 is 0 Å². The Labute approximate surface area is 66.3 Å². The van der Waals surface area contributed by atoms with Crippen LogP contribution in [0.1, 0.15) is 12.8 Å². The molecule has 0 amide bonds. The topological polar surface area (TPSA) is 62.5 Å². The molecule has 0 aromatic rings. The minimum absolute atomic E-state index is 0.267. The smallest absolute Gasteiger partial charge is 0.146 e. The van der Waals surface area contributed by atoms with Crippen LogP contribution in [0, 0.1) is 11.3 Å². The van der Waals surface area contributed by atoms with Gasteiger partial charge in [-0.2, -0.15) is 5.26 Å². The second kappa shape index (κ2) is 7.48. The van der Waals surface area contributed by atoms with Crippen molar-refractivity contribution in [1.82, 2.24) is 0 Å². The Kier molecular flexibility index (Phi) is 7.05. The first-order valence-corrected chi connectivity index (χ1v) is 3.45. The van der Waals surface area contributed by atoms with E-state index in [0.717, 1.165) is 0 Å². The van der Waals surface area contributed by atoms with Crippen molar-refractivity contribution in [3.05, 3.63) is 0 Å². The first kappa shape index (κ1) is 10.4. The fourth-order valence-electron chi connectivity index (χ4n) is 0.586. The van der Waals surface area contributed by atoms with Gasteiger partial charge < -0.3 is 14.6 Å². The molecule has 0 aromatic carbocycles. The van der Waals surface area contributed by atoms with Crippen molar-refractivity contribution in [3.63, 3.8) is 0 Å². The van der Waals surface area contributed by atoms with E-state index in [4.69, 9.17) is 15.1 Å². The lowest BCUT2D eigenvalue weighted by atomic mass is 10.2. The molecule has 0 bridgehead atoms. The SMILES string of the molecule is COCOCCC[C@H](O)C#N. The number of nitrogens with zero attached hydrogens (tertiary/aromatic N) is 1. The Morgan fingerprint density at radius 3 is 2.91 bits per heavy atom. The van der Waals surface area contributed by atoms with Gasteiger partial charge in [-0.15, -0.1) is 0 Å². The lowest BCUT2D eigenvalue weighted by molar-refractivity contribution is -0.0329. The van der Waals surface area contributed by atoms with Gasteiger partial charge in [0.2, 0.25) is 0 Å². The van der Waals surface area contributed by atoms with Crippen molar-refractivity contribution >= 4 is 0 Å². The van der Waals surface area contributed by atoms with E-state index in [0.29, 0.717) is 19.4 Å². The number of hydrogen-bond acceptors (Lipinski definition) is 4. The summed E-state index contributed by atoms with van der Waals surface area (Å²) in [5.41, 5.74) is 0. The molecule has 0 spiro atoms. The molecule has 11 heavy (non-hydrogen) atoms. The summed E-state index contributed by atoms with van der Waals surface area (Å²) < 4.78 is 9.56. The van der Waals surface area contributed by atoms with Gasteiger partial charge in [0, 0.05) is 13.7 Å². The number of nitriles is 1. The van der Waals surface area contributed by atoms with E-state index in [9.17, 15) is 0 Å². The zero-order valence-electron chi connectivity index (χ0n) is 6.62. The van der Waals surface area contributed by atoms with Crippen molar-refractivity contribution < 1.29 is 14.6 Å². The normalized spacial score (nSPS) is 12.5. The maximum atomic E-state index is 8.77. The molecule has 0 aliphatic carbocycles. The second-order valence-corrected chi connectivity index (χ2v) is 2.10. The Bertz CT molecular complexity index is 121. The second-order valence-electron chi connectivity index (χ2n) is 2.10. The van der Waals surface area contributed by atoms with Crippen LogP contribution in [-0.4, -0.2) is 31.7 Å². The molecule has 1 atom stereocenters. The van der Waals surface area contributed by atoms with E-state index >= 15 is 0 Å². The van der Waals surface area contributed by atoms with Crippen molar-refractivity contribution in [1.29, 1.82) is 5.26 Å². The molecule has 0 rings (SSSR count). The van der Waals surface area contributed by atoms with Crippen LogP contribution in [0.3, 0.4) is 0 Å². The largest absolute Gasteiger partial charge is 0.378 e. The number of methoxy groups -OCH3 is 1. The predicted molar refractivity (Wildman–Crippen MR) is 38.7 cm³/mol. The monoisotopic (exact) mass is 159 g/mol. The third-order valence-corrected chi connectivity index (χ3v) is 1.12. The zero-order chi connectivity index (χ0) is 8.53. The summed E-state index contributed by atoms with van der Waals surface area (Å²) in [6, 6.07) is 1.72. The number of ether oxygens (including phenoxy) is 2. The Morgan fingerprint density at radius 2 is 2.36 bits per heavy atom. The van der Waals surface area contributed by atoms with Crippen molar-refractivity contribution in [2.24, 2.45) is 0 Å². The quantitative estimate of drug-likeness (QED) is 0.343. The summed E-state index contributed by atoms with van der Waals surface area (Å²) in [6.45, 7) is 0.787. The van der Waals surface area contributed by atoms with Crippen LogP contribution in [0.5, 0.6) is 0 Å². The van der Waals surface area contributed by atoms with Gasteiger partial charge in [0.1, 0.15) is 12.9 Å². The van der Waals surface area contributed by atoms with E-state index in [1.807, 2.05) is 0 Å². The van der Waals surface area contributed by atoms with Gasteiger partial charge in [-0.1, -0.05) is 0 Å². The van der Waals surface area contributed by atoms with Crippen LogP contribution in [0.25, 0.3) is 0 Å². The molecule has 0 saturated carbocycles. The molecule has 0 fully saturated rings. The van der Waals surface area contributed by atoms with E-state index in [1.54, 1.807) is 13.2 Å². The van der Waals surface area contributed by atoms with Gasteiger partial charge in [-0.3, -0.25) is 0 Å². The molecule has 0 aliphatic heterocycles. The predicted octanol–water partition coefficient (Wildman–Crippen LogP) is 0.272. The van der Waals surface area contributed by atoms with Crippen molar-refractivity contribution in [2.75, 3.05) is 20.5 Å². The van der Waals surface area contributed by atoms with Crippen LogP contribution >= 0.6 is 0 Å². The Balaban J connectivity index is 2.97. The van der Waals surface area contributed by atoms with Crippen molar-refractivity contribution in [3.8, 4) is 6.07 Å². The third-order valence-electron chi connectivity index (χ3n) is 1.12. The summed E-state index contributed by atoms with van der Waals surface area (Å²) in [5, 5.41) is 16.9. The molecule has 0 unspecified atom stereocenters. The minimum atomic E-state index is -0.860. The van der Waals surface area contributed by atoms with Crippen LogP contribution in [0.4, 0.5) is 0 Å². The molecule has 4 nitrogen and oxygen atoms in total. The first-order chi connectivity index (χ1) is 5.31. The summed E-state index contributed by atoms with van der Waals surface area (Å²) in [6.07, 6.45) is 0.277. The Hall–Kier alpha value is -0.630. The maximum Gasteiger partial charge on any atom is 0.146 e. The summed E-state index contributed by atoms with van der Waals surface area (Å²) in [7, 11) is 1.55. The molecule has 0 aromatic heterocycles. The molecule has 0 heterocycles. The highest BCUT2D eigenvalue weighted by Crippen LogP contribution is 1.95. The highest BCUT2D eigenvalue weighted by atomic mass is 16.7. The molecule has 1 N–H and O–H groups in total. The molecular formula is C7H13NO3. The van der Waals surface area contributed by atoms with E-state index in [-0.39, 0.29) is 6.79 Å². The van der Waals surface area contributed by atoms with E-state index < -0.39 is 6.10 Å². The van der Waals surface area contributed by atoms with Gasteiger partial charge in [0.05, 0.1) is 6.07 Å². The van der Waals surface area contributed by atoms with E-state index in [1.165, 1.54) is 0 Å². The van der Waals surface area contributed by atoms with E-state index in [2.05, 4.69) is 4.74 Å². The van der Waals surface area contributed by atoms with Crippen LogP contribution in [0.15, 0.2) is 0 Å². The van der Waals surface area contributed by atoms with Crippen LogP contribution in [-0.2, 0) is 9.47 Å². The van der Waals surface area contributed by atoms with Gasteiger partial charge in [-0.05, 0) is 12.8 Å². The van der Waals surface area contributed by atoms with Gasteiger partial charge in [-0.25, -0.2) is 0 Å². The van der Waals surface area contributed by atoms with Gasteiger partial charge in [0.25, 0.3) is 0 Å². The Morgan fingerprint density at radius 1 is 1.64 bits per heavy atom. The lowest BCUT2D eigenvalue weighted by Crippen LogP contribution is -2.05. The molecule has 0 radical (unpaired) electrons. The number of aliphatic hydroxyl groups is 1. The molecule has 4 heteroatoms. The lowest BCUT2D eigenvalue weighted by Gasteiger charge is -2.02. The zero-order valence-corrected chi connectivity index (χ0v) is 6.62. The standard InChI is InChI=1S/C7H13NO3/c1-10-6-11-4-2-3-7(9)5-8/h7,9H,2-4,6H2,1H3/t7-/m0/s1. The highest BCUT2D eigenvalue weighted by Gasteiger charge is 1.99. The third kappa shape index (κ3) is 7.26. The number of aliphatic hydroxyl groups excluding tert-OH is 1. The van der Waals surface area contributed by atoms with Crippen molar-refractivity contribution in [2.45, 2.75) is 18.9 Å². The highest BCUT2D eigenvalue weighted by molar-refractivity contribution is 4.81. The number of rotatable bonds is 6. The summed E-state index contributed by atoms with van der Waals surface area (Å²) in [5.74, 6) is 0. The maximum absolute atomic E-state index is 8.77. The fraction of sp³-hybridized carbons (Fsp3) is 0.857. The van der Waals surface area contributed by atoms with Crippen LogP contribution < -0.4 is 0 Å². The van der Waals surface area contributed by atoms with Gasteiger partial charge in [0.15, 0.2) is 0 Å².